The van der Waals surface area contributed by atoms with Crippen LogP contribution in [-0.2, 0) is 13.6 Å². The van der Waals surface area contributed by atoms with E-state index in [1.54, 1.807) is 42.7 Å². The number of rotatable bonds is 4. The highest BCUT2D eigenvalue weighted by Gasteiger charge is 2.24. The minimum atomic E-state index is -0.285. The van der Waals surface area contributed by atoms with Crippen LogP contribution in [0.5, 0.6) is 0 Å². The van der Waals surface area contributed by atoms with Crippen LogP contribution in [0.1, 0.15) is 10.4 Å². The number of pyridine rings is 1. The van der Waals surface area contributed by atoms with Crippen LogP contribution in [0.2, 0.25) is 0 Å². The number of imidazole rings is 1. The molecule has 3 aromatic rings. The summed E-state index contributed by atoms with van der Waals surface area (Å²) in [5.74, 6) is -0.490. The summed E-state index contributed by atoms with van der Waals surface area (Å²) in [6, 6.07) is 7.92. The molecule has 2 aromatic heterocycles. The lowest BCUT2D eigenvalue weighted by atomic mass is 10.2. The van der Waals surface area contributed by atoms with Crippen molar-refractivity contribution in [3.63, 3.8) is 0 Å². The van der Waals surface area contributed by atoms with Gasteiger partial charge in [-0.25, -0.2) is 9.37 Å². The van der Waals surface area contributed by atoms with E-state index in [0.29, 0.717) is 18.6 Å². The number of carbonyl (C=O) groups is 1. The zero-order valence-corrected chi connectivity index (χ0v) is 15.7. The lowest BCUT2D eigenvalue weighted by molar-refractivity contribution is 0.0631. The molecule has 4 rings (SSSR count). The fraction of sp³-hybridized carbons (Fsp3) is 0.350. The summed E-state index contributed by atoms with van der Waals surface area (Å²) in [7, 11) is 1.64. The second-order valence-corrected chi connectivity index (χ2v) is 7.04. The molecule has 28 heavy (non-hydrogen) atoms. The SMILES string of the molecule is Cn1cccc(C(=O)N2CCN(CCn3cnc4cc(F)ccc43)CC2)c1=O. The molecular weight excluding hydrogens is 361 g/mol. The van der Waals surface area contributed by atoms with E-state index in [4.69, 9.17) is 0 Å². The van der Waals surface area contributed by atoms with Gasteiger partial charge in [-0.1, -0.05) is 0 Å². The third-order valence-corrected chi connectivity index (χ3v) is 5.25. The van der Waals surface area contributed by atoms with Gasteiger partial charge < -0.3 is 14.0 Å². The van der Waals surface area contributed by atoms with Gasteiger partial charge in [0.15, 0.2) is 0 Å². The molecule has 3 heterocycles. The van der Waals surface area contributed by atoms with Gasteiger partial charge in [0.05, 0.1) is 17.4 Å². The van der Waals surface area contributed by atoms with E-state index < -0.39 is 0 Å². The summed E-state index contributed by atoms with van der Waals surface area (Å²) in [6.45, 7) is 4.24. The van der Waals surface area contributed by atoms with E-state index >= 15 is 0 Å². The van der Waals surface area contributed by atoms with E-state index in [9.17, 15) is 14.0 Å². The number of amides is 1. The minimum absolute atomic E-state index is 0.205. The number of halogens is 1. The average molecular weight is 383 g/mol. The van der Waals surface area contributed by atoms with E-state index in [2.05, 4.69) is 9.88 Å². The third kappa shape index (κ3) is 3.55. The van der Waals surface area contributed by atoms with E-state index in [0.717, 1.165) is 31.7 Å². The van der Waals surface area contributed by atoms with Crippen molar-refractivity contribution in [1.82, 2.24) is 23.9 Å². The molecule has 0 spiro atoms. The first-order valence-corrected chi connectivity index (χ1v) is 9.30. The number of aryl methyl sites for hydroxylation is 1. The molecular formula is C20H22FN5O2. The highest BCUT2D eigenvalue weighted by molar-refractivity contribution is 5.93. The van der Waals surface area contributed by atoms with Crippen LogP contribution in [-0.4, -0.2) is 62.5 Å². The first kappa shape index (κ1) is 18.4. The maximum atomic E-state index is 13.3. The van der Waals surface area contributed by atoms with Crippen molar-refractivity contribution in [2.24, 2.45) is 7.05 Å². The van der Waals surface area contributed by atoms with Crippen molar-refractivity contribution in [1.29, 1.82) is 0 Å². The molecule has 146 valence electrons. The number of carbonyl (C=O) groups excluding carboxylic acids is 1. The molecule has 0 bridgehead atoms. The molecule has 8 heteroatoms. The molecule has 0 unspecified atom stereocenters. The molecule has 1 amide bonds. The Kier molecular flexibility index (Phi) is 4.95. The van der Waals surface area contributed by atoms with Crippen molar-refractivity contribution >= 4 is 16.9 Å². The zero-order chi connectivity index (χ0) is 19.7. The zero-order valence-electron chi connectivity index (χ0n) is 15.7. The molecule has 0 atom stereocenters. The fourth-order valence-electron chi connectivity index (χ4n) is 3.57. The monoisotopic (exact) mass is 383 g/mol. The van der Waals surface area contributed by atoms with Gasteiger partial charge in [-0.15, -0.1) is 0 Å². The lowest BCUT2D eigenvalue weighted by Crippen LogP contribution is -2.50. The Morgan fingerprint density at radius 1 is 1.14 bits per heavy atom. The van der Waals surface area contributed by atoms with Gasteiger partial charge in [-0.3, -0.25) is 14.5 Å². The van der Waals surface area contributed by atoms with Crippen LogP contribution in [0.25, 0.3) is 11.0 Å². The number of hydrogen-bond acceptors (Lipinski definition) is 4. The van der Waals surface area contributed by atoms with Crippen LogP contribution >= 0.6 is 0 Å². The van der Waals surface area contributed by atoms with E-state index in [-0.39, 0.29) is 22.8 Å². The predicted molar refractivity (Wildman–Crippen MR) is 104 cm³/mol. The Labute approximate surface area is 161 Å². The molecule has 1 aliphatic heterocycles. The lowest BCUT2D eigenvalue weighted by Gasteiger charge is -2.34. The summed E-state index contributed by atoms with van der Waals surface area (Å²) in [5, 5.41) is 0. The molecule has 0 radical (unpaired) electrons. The Bertz CT molecular complexity index is 1070. The summed E-state index contributed by atoms with van der Waals surface area (Å²) in [6.07, 6.45) is 3.38. The van der Waals surface area contributed by atoms with Crippen LogP contribution < -0.4 is 5.56 Å². The predicted octanol–water partition coefficient (Wildman–Crippen LogP) is 1.33. The van der Waals surface area contributed by atoms with Gasteiger partial charge in [0.2, 0.25) is 0 Å². The van der Waals surface area contributed by atoms with Crippen LogP contribution in [0.3, 0.4) is 0 Å². The molecule has 1 fully saturated rings. The topological polar surface area (TPSA) is 63.4 Å². The van der Waals surface area contributed by atoms with Crippen LogP contribution in [0.4, 0.5) is 4.39 Å². The number of hydrogen-bond donors (Lipinski definition) is 0. The van der Waals surface area contributed by atoms with E-state index in [1.165, 1.54) is 16.7 Å². The fourth-order valence-corrected chi connectivity index (χ4v) is 3.57. The molecule has 1 aromatic carbocycles. The molecule has 1 saturated heterocycles. The Hall–Kier alpha value is -3.00. The normalized spacial score (nSPS) is 15.3. The summed E-state index contributed by atoms with van der Waals surface area (Å²) in [4.78, 5) is 33.1. The van der Waals surface area contributed by atoms with Gasteiger partial charge in [-0.05, 0) is 24.3 Å². The van der Waals surface area contributed by atoms with Crippen molar-refractivity contribution in [2.45, 2.75) is 6.54 Å². The average Bonchev–Trinajstić information content (AvgIpc) is 3.10. The molecule has 0 aliphatic carbocycles. The van der Waals surface area contributed by atoms with Crippen molar-refractivity contribution < 1.29 is 9.18 Å². The van der Waals surface area contributed by atoms with Gasteiger partial charge in [0.25, 0.3) is 11.5 Å². The quantitative estimate of drug-likeness (QED) is 0.682. The molecule has 0 N–H and O–H groups in total. The van der Waals surface area contributed by atoms with Crippen molar-refractivity contribution in [3.8, 4) is 0 Å². The first-order chi connectivity index (χ1) is 13.5. The standard InChI is InChI=1S/C20H22FN5O2/c1-23-6-2-3-16(19(23)27)20(28)25-10-7-24(8-11-25)9-12-26-14-22-17-13-15(21)4-5-18(17)26/h2-6,13-14H,7-12H2,1H3. The van der Waals surface area contributed by atoms with Gasteiger partial charge in [0, 0.05) is 58.6 Å². The number of aromatic nitrogens is 3. The summed E-state index contributed by atoms with van der Waals surface area (Å²) in [5.41, 5.74) is 1.52. The maximum Gasteiger partial charge on any atom is 0.263 e. The second kappa shape index (κ2) is 7.55. The minimum Gasteiger partial charge on any atom is -0.336 e. The number of nitrogens with zero attached hydrogens (tertiary/aromatic N) is 5. The highest BCUT2D eigenvalue weighted by atomic mass is 19.1. The van der Waals surface area contributed by atoms with Crippen molar-refractivity contribution in [3.05, 3.63) is 64.6 Å². The van der Waals surface area contributed by atoms with Crippen molar-refractivity contribution in [2.75, 3.05) is 32.7 Å². The first-order valence-electron chi connectivity index (χ1n) is 9.30. The second-order valence-electron chi connectivity index (χ2n) is 7.04. The maximum absolute atomic E-state index is 13.3. The summed E-state index contributed by atoms with van der Waals surface area (Å²) < 4.78 is 16.7. The number of fused-ring (bicyclic) bond motifs is 1. The molecule has 0 saturated carbocycles. The molecule has 7 nitrogen and oxygen atoms in total. The van der Waals surface area contributed by atoms with Crippen LogP contribution in [0, 0.1) is 5.82 Å². The Morgan fingerprint density at radius 3 is 2.71 bits per heavy atom. The third-order valence-electron chi connectivity index (χ3n) is 5.25. The van der Waals surface area contributed by atoms with Gasteiger partial charge >= 0.3 is 0 Å². The smallest absolute Gasteiger partial charge is 0.263 e. The van der Waals surface area contributed by atoms with E-state index in [1.807, 2.05) is 4.57 Å². The van der Waals surface area contributed by atoms with Gasteiger partial charge in [0.1, 0.15) is 11.4 Å². The highest BCUT2D eigenvalue weighted by Crippen LogP contribution is 2.14. The Balaban J connectivity index is 1.34. The Morgan fingerprint density at radius 2 is 1.93 bits per heavy atom. The largest absolute Gasteiger partial charge is 0.336 e. The summed E-state index contributed by atoms with van der Waals surface area (Å²) >= 11 is 0. The number of benzene rings is 1. The van der Waals surface area contributed by atoms with Crippen LogP contribution in [0.15, 0.2) is 47.7 Å². The van der Waals surface area contributed by atoms with Gasteiger partial charge in [-0.2, -0.15) is 0 Å². The number of piperazine rings is 1. The molecule has 1 aliphatic rings.